The van der Waals surface area contributed by atoms with E-state index in [1.807, 2.05) is 11.8 Å². The quantitative estimate of drug-likeness (QED) is 0.657. The minimum Gasteiger partial charge on any atom is -0.402 e. The predicted molar refractivity (Wildman–Crippen MR) is 107 cm³/mol. The second kappa shape index (κ2) is 6.56. The summed E-state index contributed by atoms with van der Waals surface area (Å²) in [4.78, 5) is 0. The highest BCUT2D eigenvalue weighted by Crippen LogP contribution is 2.39. The second-order valence-corrected chi connectivity index (χ2v) is 20.6. The van der Waals surface area contributed by atoms with E-state index in [9.17, 15) is 0 Å². The normalized spacial score (nSPS) is 23.2. The van der Waals surface area contributed by atoms with Crippen molar-refractivity contribution in [3.63, 3.8) is 0 Å². The van der Waals surface area contributed by atoms with Gasteiger partial charge < -0.3 is 13.5 Å². The molecule has 1 saturated heterocycles. The summed E-state index contributed by atoms with van der Waals surface area (Å²) in [6.07, 6.45) is 2.18. The Morgan fingerprint density at radius 2 is 1.27 bits per heavy atom. The Bertz CT molecular complexity index is 364. The van der Waals surface area contributed by atoms with Crippen molar-refractivity contribution >= 4 is 35.4 Å². The summed E-state index contributed by atoms with van der Waals surface area (Å²) in [5, 5.41) is 0.361. The van der Waals surface area contributed by atoms with Gasteiger partial charge in [-0.1, -0.05) is 39.3 Å². The molecule has 0 aliphatic carbocycles. The van der Waals surface area contributed by atoms with Crippen molar-refractivity contribution in [2.75, 3.05) is 12.8 Å². The lowest BCUT2D eigenvalue weighted by atomic mass is 9.84. The van der Waals surface area contributed by atoms with Gasteiger partial charge in [0.1, 0.15) is 16.5 Å². The van der Waals surface area contributed by atoms with Gasteiger partial charge in [0.05, 0.1) is 16.4 Å². The van der Waals surface area contributed by atoms with Gasteiger partial charge in [0.2, 0.25) is 0 Å². The molecule has 0 aromatic rings. The van der Waals surface area contributed by atoms with Gasteiger partial charge in [-0.2, -0.15) is 11.8 Å². The number of nitrogens with zero attached hydrogens (tertiary/aromatic N) is 1. The number of thioether (sulfide) groups is 1. The molecule has 0 bridgehead atoms. The first-order valence-electron chi connectivity index (χ1n) is 8.28. The van der Waals surface area contributed by atoms with Gasteiger partial charge in [0, 0.05) is 0 Å². The lowest BCUT2D eigenvalue weighted by molar-refractivity contribution is 0.00578. The van der Waals surface area contributed by atoms with Crippen molar-refractivity contribution in [2.45, 2.75) is 83.3 Å². The van der Waals surface area contributed by atoms with Gasteiger partial charge in [-0.05, 0) is 40.5 Å². The topological polar surface area (TPSA) is 21.7 Å². The highest BCUT2D eigenvalue weighted by molar-refractivity contribution is 8.00. The number of rotatable bonds is 6. The van der Waals surface area contributed by atoms with Gasteiger partial charge in [-0.15, -0.1) is 0 Å². The summed E-state index contributed by atoms with van der Waals surface area (Å²) in [7, 11) is -2.82. The fraction of sp³-hybridized carbons (Fsp3) is 1.00. The molecule has 0 radical (unpaired) electrons. The van der Waals surface area contributed by atoms with Gasteiger partial charge in [0.15, 0.2) is 0 Å². The molecule has 0 amide bonds. The number of hydrogen-bond acceptors (Lipinski definition) is 4. The van der Waals surface area contributed by atoms with Crippen LogP contribution in [0.5, 0.6) is 0 Å². The van der Waals surface area contributed by atoms with Crippen molar-refractivity contribution < 1.29 is 9.31 Å². The molecule has 0 saturated carbocycles. The standard InChI is InChI=1S/C15H36BNO2SSi2/c1-14(2)15(3,4)19-16(18-14)13(20-5)12-17(21(6,7)8)22(9,10)11/h13H,12H2,1-11H3. The van der Waals surface area contributed by atoms with E-state index >= 15 is 0 Å². The molecule has 22 heavy (non-hydrogen) atoms. The molecule has 0 aromatic carbocycles. The third-order valence-corrected chi connectivity index (χ3v) is 13.5. The van der Waals surface area contributed by atoms with E-state index in [1.165, 1.54) is 0 Å². The average Bonchev–Trinajstić information content (AvgIpc) is 2.45. The van der Waals surface area contributed by atoms with Crippen LogP contribution >= 0.6 is 11.8 Å². The lowest BCUT2D eigenvalue weighted by Gasteiger charge is -2.45. The molecule has 7 heteroatoms. The maximum atomic E-state index is 6.30. The smallest absolute Gasteiger partial charge is 0.402 e. The minimum atomic E-state index is -1.35. The second-order valence-electron chi connectivity index (χ2n) is 9.35. The molecular weight excluding hydrogens is 325 g/mol. The molecule has 1 aliphatic rings. The minimum absolute atomic E-state index is 0.116. The van der Waals surface area contributed by atoms with E-state index in [0.29, 0.717) is 5.15 Å². The SMILES string of the molecule is CSC(CN([Si](C)(C)C)[Si](C)(C)C)B1OC(C)(C)C(C)(C)O1. The average molecular weight is 362 g/mol. The summed E-state index contributed by atoms with van der Waals surface area (Å²) in [5.41, 5.74) is -0.483. The number of hydrogen-bond donors (Lipinski definition) is 0. The van der Waals surface area contributed by atoms with E-state index in [1.54, 1.807) is 0 Å². The molecule has 1 heterocycles. The predicted octanol–water partition coefficient (Wildman–Crippen LogP) is 4.32. The lowest BCUT2D eigenvalue weighted by Crippen LogP contribution is -2.62. The zero-order valence-electron chi connectivity index (χ0n) is 16.5. The van der Waals surface area contributed by atoms with Crippen LogP contribution < -0.4 is 0 Å². The summed E-state index contributed by atoms with van der Waals surface area (Å²) in [6.45, 7) is 24.3. The molecule has 1 unspecified atom stereocenters. The molecule has 130 valence electrons. The van der Waals surface area contributed by atoms with Gasteiger partial charge >= 0.3 is 7.12 Å². The first kappa shape index (κ1) is 20.8. The molecule has 1 atom stereocenters. The van der Waals surface area contributed by atoms with Crippen LogP contribution in [-0.4, -0.2) is 57.0 Å². The third kappa shape index (κ3) is 4.63. The Labute approximate surface area is 145 Å². The third-order valence-electron chi connectivity index (χ3n) is 4.86. The highest BCUT2D eigenvalue weighted by Gasteiger charge is 2.54. The Kier molecular flexibility index (Phi) is 6.19. The van der Waals surface area contributed by atoms with Crippen LogP contribution in [0.2, 0.25) is 39.3 Å². The van der Waals surface area contributed by atoms with E-state index in [4.69, 9.17) is 9.31 Å². The van der Waals surface area contributed by atoms with E-state index < -0.39 is 16.5 Å². The fourth-order valence-corrected chi connectivity index (χ4v) is 13.5. The molecule has 1 fully saturated rings. The molecule has 1 rings (SSSR count). The highest BCUT2D eigenvalue weighted by atomic mass is 32.2. The first-order chi connectivity index (χ1) is 9.62. The van der Waals surface area contributed by atoms with Crippen LogP contribution in [0, 0.1) is 0 Å². The van der Waals surface area contributed by atoms with Crippen LogP contribution in [0.4, 0.5) is 0 Å². The first-order valence-corrected chi connectivity index (χ1v) is 16.5. The maximum Gasteiger partial charge on any atom is 0.473 e. The molecule has 0 spiro atoms. The van der Waals surface area contributed by atoms with E-state index in [2.05, 4.69) is 77.5 Å². The van der Waals surface area contributed by atoms with Gasteiger partial charge in [0.25, 0.3) is 0 Å². The summed E-state index contributed by atoms with van der Waals surface area (Å²) < 4.78 is 15.4. The van der Waals surface area contributed by atoms with Gasteiger partial charge in [-0.3, -0.25) is 0 Å². The maximum absolute atomic E-state index is 6.30. The van der Waals surface area contributed by atoms with Crippen LogP contribution in [0.1, 0.15) is 27.7 Å². The molecule has 0 N–H and O–H groups in total. The zero-order valence-corrected chi connectivity index (χ0v) is 19.4. The van der Waals surface area contributed by atoms with Crippen LogP contribution in [-0.2, 0) is 9.31 Å². The fourth-order valence-electron chi connectivity index (χ4n) is 3.05. The Balaban J connectivity index is 2.94. The molecular formula is C15H36BNO2SSi2. The van der Waals surface area contributed by atoms with Crippen LogP contribution in [0.25, 0.3) is 0 Å². The zero-order chi connectivity index (χ0) is 17.6. The van der Waals surface area contributed by atoms with Crippen LogP contribution in [0.15, 0.2) is 0 Å². The molecule has 1 aliphatic heterocycles. The largest absolute Gasteiger partial charge is 0.473 e. The van der Waals surface area contributed by atoms with Crippen LogP contribution in [0.3, 0.4) is 0 Å². The van der Waals surface area contributed by atoms with E-state index in [-0.39, 0.29) is 18.3 Å². The van der Waals surface area contributed by atoms with Crippen molar-refractivity contribution in [1.82, 2.24) is 4.23 Å². The Morgan fingerprint density at radius 1 is 0.909 bits per heavy atom. The van der Waals surface area contributed by atoms with Crippen molar-refractivity contribution in [3.05, 3.63) is 0 Å². The molecule has 3 nitrogen and oxygen atoms in total. The Morgan fingerprint density at radius 3 is 1.55 bits per heavy atom. The van der Waals surface area contributed by atoms with Crippen molar-refractivity contribution in [2.24, 2.45) is 0 Å². The summed E-state index contributed by atoms with van der Waals surface area (Å²) in [6, 6.07) is 0. The Hall–Kier alpha value is 0.729. The van der Waals surface area contributed by atoms with Gasteiger partial charge in [-0.25, -0.2) is 0 Å². The van der Waals surface area contributed by atoms with Crippen molar-refractivity contribution in [1.29, 1.82) is 0 Å². The summed E-state index contributed by atoms with van der Waals surface area (Å²) in [5.74, 6) is 0. The monoisotopic (exact) mass is 361 g/mol. The summed E-state index contributed by atoms with van der Waals surface area (Å²) >= 11 is 1.88. The van der Waals surface area contributed by atoms with E-state index in [0.717, 1.165) is 6.54 Å². The van der Waals surface area contributed by atoms with Crippen molar-refractivity contribution in [3.8, 4) is 0 Å². The molecule has 0 aromatic heterocycles.